The van der Waals surface area contributed by atoms with Gasteiger partial charge in [-0.25, -0.2) is 4.98 Å². The fraction of sp³-hybridized carbons (Fsp3) is 0.545. The average Bonchev–Trinajstić information content (AvgIpc) is 2.77. The van der Waals surface area contributed by atoms with Crippen molar-refractivity contribution in [2.45, 2.75) is 26.3 Å². The van der Waals surface area contributed by atoms with Crippen LogP contribution in [0.1, 0.15) is 13.8 Å². The Labute approximate surface area is 191 Å². The van der Waals surface area contributed by atoms with Crippen molar-refractivity contribution >= 4 is 11.8 Å². The van der Waals surface area contributed by atoms with Crippen molar-refractivity contribution in [3.8, 4) is 17.0 Å². The fourth-order valence-corrected chi connectivity index (χ4v) is 3.36. The number of hydrogen-bond acceptors (Lipinski definition) is 8. The van der Waals surface area contributed by atoms with Crippen LogP contribution in [0, 0.1) is 5.92 Å². The number of morpholine rings is 1. The zero-order valence-corrected chi connectivity index (χ0v) is 18.7. The van der Waals surface area contributed by atoms with E-state index in [-0.39, 0.29) is 30.3 Å². The number of nitrogens with zero attached hydrogens (tertiary/aromatic N) is 3. The molecular formula is C22H30F3N5O3. The Bertz CT molecular complexity index is 892. The Balaban J connectivity index is 1.82. The van der Waals surface area contributed by atoms with Crippen LogP contribution in [0.15, 0.2) is 30.3 Å². The average molecular weight is 470 g/mol. The zero-order chi connectivity index (χ0) is 23.8. The van der Waals surface area contributed by atoms with Crippen LogP contribution in [0.2, 0.25) is 0 Å². The number of anilines is 2. The Kier molecular flexibility index (Phi) is 8.70. The first-order valence-corrected chi connectivity index (χ1v) is 10.9. The van der Waals surface area contributed by atoms with Gasteiger partial charge in [0.15, 0.2) is 0 Å². The van der Waals surface area contributed by atoms with Gasteiger partial charge in [-0.05, 0) is 18.1 Å². The predicted octanol–water partition coefficient (Wildman–Crippen LogP) is 3.22. The van der Waals surface area contributed by atoms with E-state index in [4.69, 9.17) is 4.74 Å². The number of rotatable bonds is 10. The third-order valence-corrected chi connectivity index (χ3v) is 5.24. The van der Waals surface area contributed by atoms with Gasteiger partial charge in [-0.2, -0.15) is 4.98 Å². The topological polar surface area (TPSA) is 91.8 Å². The number of aliphatic hydroxyl groups excluding tert-OH is 1. The van der Waals surface area contributed by atoms with E-state index in [0.717, 1.165) is 19.6 Å². The van der Waals surface area contributed by atoms with Gasteiger partial charge in [-0.3, -0.25) is 4.90 Å². The van der Waals surface area contributed by atoms with Gasteiger partial charge in [0.2, 0.25) is 5.95 Å². The molecule has 0 aliphatic carbocycles. The summed E-state index contributed by atoms with van der Waals surface area (Å²) >= 11 is 0. The second-order valence-corrected chi connectivity index (χ2v) is 8.10. The lowest BCUT2D eigenvalue weighted by molar-refractivity contribution is -0.274. The maximum Gasteiger partial charge on any atom is 0.573 e. The number of hydrogen-bond donors (Lipinski definition) is 3. The molecule has 1 aromatic heterocycles. The molecule has 182 valence electrons. The standard InChI is InChI=1S/C22H30F3N5O3/c1-15(2)19(14-31)28-21-27-18(16-4-3-5-17(12-16)33-22(23,24)25)13-20(29-21)26-6-7-30-8-10-32-11-9-30/h3-5,12-13,15,19,31H,6-11,14H2,1-2H3,(H2,26,27,28,29)/t19-/m1/s1. The molecule has 1 saturated heterocycles. The van der Waals surface area contributed by atoms with Crippen LogP contribution in [0.3, 0.4) is 0 Å². The minimum atomic E-state index is -4.78. The van der Waals surface area contributed by atoms with Gasteiger partial charge in [0, 0.05) is 37.8 Å². The van der Waals surface area contributed by atoms with E-state index < -0.39 is 6.36 Å². The van der Waals surface area contributed by atoms with Gasteiger partial charge in [0.05, 0.1) is 31.6 Å². The molecular weight excluding hydrogens is 439 g/mol. The molecule has 0 amide bonds. The Morgan fingerprint density at radius 2 is 1.94 bits per heavy atom. The lowest BCUT2D eigenvalue weighted by Crippen LogP contribution is -2.39. The summed E-state index contributed by atoms with van der Waals surface area (Å²) in [7, 11) is 0. The lowest BCUT2D eigenvalue weighted by atomic mass is 10.1. The number of halogens is 3. The summed E-state index contributed by atoms with van der Waals surface area (Å²) in [5.41, 5.74) is 0.873. The van der Waals surface area contributed by atoms with Gasteiger partial charge in [0.1, 0.15) is 11.6 Å². The summed E-state index contributed by atoms with van der Waals surface area (Å²) < 4.78 is 47.4. The van der Waals surface area contributed by atoms with Crippen LogP contribution in [-0.2, 0) is 4.74 Å². The minimum absolute atomic E-state index is 0.111. The van der Waals surface area contributed by atoms with Crippen molar-refractivity contribution in [1.82, 2.24) is 14.9 Å². The van der Waals surface area contributed by atoms with Crippen molar-refractivity contribution in [3.63, 3.8) is 0 Å². The van der Waals surface area contributed by atoms with E-state index >= 15 is 0 Å². The molecule has 1 aliphatic rings. The van der Waals surface area contributed by atoms with Gasteiger partial charge in [-0.15, -0.1) is 13.2 Å². The largest absolute Gasteiger partial charge is 0.573 e. The third-order valence-electron chi connectivity index (χ3n) is 5.24. The molecule has 0 bridgehead atoms. The highest BCUT2D eigenvalue weighted by Crippen LogP contribution is 2.29. The van der Waals surface area contributed by atoms with Crippen LogP contribution >= 0.6 is 0 Å². The molecule has 1 aromatic carbocycles. The molecule has 33 heavy (non-hydrogen) atoms. The number of ether oxygens (including phenoxy) is 2. The molecule has 0 saturated carbocycles. The van der Waals surface area contributed by atoms with Gasteiger partial charge < -0.3 is 25.2 Å². The Morgan fingerprint density at radius 1 is 1.18 bits per heavy atom. The summed E-state index contributed by atoms with van der Waals surface area (Å²) in [5, 5.41) is 16.1. The van der Waals surface area contributed by atoms with Crippen molar-refractivity contribution in [2.24, 2.45) is 5.92 Å². The van der Waals surface area contributed by atoms with E-state index in [1.165, 1.54) is 18.2 Å². The monoisotopic (exact) mass is 469 g/mol. The molecule has 1 atom stereocenters. The number of aliphatic hydroxyl groups is 1. The molecule has 0 spiro atoms. The Morgan fingerprint density at radius 3 is 2.61 bits per heavy atom. The second-order valence-electron chi connectivity index (χ2n) is 8.10. The summed E-state index contributed by atoms with van der Waals surface area (Å²) in [6, 6.07) is 7.05. The van der Waals surface area contributed by atoms with Gasteiger partial charge in [0.25, 0.3) is 0 Å². The van der Waals surface area contributed by atoms with Crippen molar-refractivity contribution in [1.29, 1.82) is 0 Å². The van der Waals surface area contributed by atoms with E-state index in [2.05, 4.69) is 30.2 Å². The fourth-order valence-electron chi connectivity index (χ4n) is 3.36. The molecule has 8 nitrogen and oxygen atoms in total. The van der Waals surface area contributed by atoms with Crippen molar-refractivity contribution in [2.75, 3.05) is 56.6 Å². The summed E-state index contributed by atoms with van der Waals surface area (Å²) in [6.07, 6.45) is -4.78. The number of nitrogens with one attached hydrogen (secondary N) is 2. The predicted molar refractivity (Wildman–Crippen MR) is 119 cm³/mol. The second kappa shape index (κ2) is 11.5. The van der Waals surface area contributed by atoms with Crippen molar-refractivity contribution in [3.05, 3.63) is 30.3 Å². The van der Waals surface area contributed by atoms with E-state index in [1.54, 1.807) is 12.1 Å². The smallest absolute Gasteiger partial charge is 0.406 e. The first-order chi connectivity index (χ1) is 15.7. The highest BCUT2D eigenvalue weighted by Gasteiger charge is 2.31. The summed E-state index contributed by atoms with van der Waals surface area (Å²) in [5.74, 6) is 0.587. The van der Waals surface area contributed by atoms with Crippen LogP contribution < -0.4 is 15.4 Å². The van der Waals surface area contributed by atoms with Crippen molar-refractivity contribution < 1.29 is 27.8 Å². The minimum Gasteiger partial charge on any atom is -0.406 e. The van der Waals surface area contributed by atoms with E-state index in [9.17, 15) is 18.3 Å². The molecule has 3 N–H and O–H groups in total. The highest BCUT2D eigenvalue weighted by molar-refractivity contribution is 5.66. The zero-order valence-electron chi connectivity index (χ0n) is 18.7. The van der Waals surface area contributed by atoms with Crippen LogP contribution in [0.5, 0.6) is 5.75 Å². The summed E-state index contributed by atoms with van der Waals surface area (Å²) in [4.78, 5) is 11.2. The number of aromatic nitrogens is 2. The first-order valence-electron chi connectivity index (χ1n) is 10.9. The number of benzene rings is 1. The molecule has 0 unspecified atom stereocenters. The van der Waals surface area contributed by atoms with Crippen LogP contribution in [0.4, 0.5) is 24.9 Å². The maximum atomic E-state index is 12.7. The quantitative estimate of drug-likeness (QED) is 0.489. The van der Waals surface area contributed by atoms with Gasteiger partial charge >= 0.3 is 6.36 Å². The van der Waals surface area contributed by atoms with Crippen LogP contribution in [0.25, 0.3) is 11.3 Å². The molecule has 2 aromatic rings. The first kappa shape index (κ1) is 25.0. The maximum absolute atomic E-state index is 12.7. The van der Waals surface area contributed by atoms with Crippen LogP contribution in [-0.4, -0.2) is 78.4 Å². The van der Waals surface area contributed by atoms with E-state index in [0.29, 0.717) is 36.8 Å². The molecule has 1 fully saturated rings. The SMILES string of the molecule is CC(C)[C@@H](CO)Nc1nc(NCCN2CCOCC2)cc(-c2cccc(OC(F)(F)F)c2)n1. The Hall–Kier alpha value is -2.63. The molecule has 3 rings (SSSR count). The molecule has 11 heteroatoms. The summed E-state index contributed by atoms with van der Waals surface area (Å²) in [6.45, 7) is 8.37. The number of alkyl halides is 3. The van der Waals surface area contributed by atoms with Gasteiger partial charge in [-0.1, -0.05) is 26.0 Å². The van der Waals surface area contributed by atoms with E-state index in [1.807, 2.05) is 13.8 Å². The molecule has 2 heterocycles. The lowest BCUT2D eigenvalue weighted by Gasteiger charge is -2.26. The molecule has 1 aliphatic heterocycles. The highest BCUT2D eigenvalue weighted by atomic mass is 19.4. The molecule has 0 radical (unpaired) electrons. The normalized spacial score (nSPS) is 16.0. The third kappa shape index (κ3) is 8.02.